The third-order valence-electron chi connectivity index (χ3n) is 4.24. The summed E-state index contributed by atoms with van der Waals surface area (Å²) in [7, 11) is 0. The van der Waals surface area contributed by atoms with Crippen LogP contribution in [-0.2, 0) is 19.4 Å². The van der Waals surface area contributed by atoms with Gasteiger partial charge in [-0.05, 0) is 60.6 Å². The average Bonchev–Trinajstić information content (AvgIpc) is 2.46. The molecule has 0 aromatic heterocycles. The van der Waals surface area contributed by atoms with Crippen LogP contribution in [0.1, 0.15) is 28.7 Å². The van der Waals surface area contributed by atoms with Gasteiger partial charge in [-0.15, -0.1) is 0 Å². The number of aryl methyl sites for hydroxylation is 2. The Morgan fingerprint density at radius 2 is 2.00 bits per heavy atom. The third-order valence-corrected chi connectivity index (χ3v) is 4.73. The van der Waals surface area contributed by atoms with E-state index in [0.717, 1.165) is 13.0 Å². The summed E-state index contributed by atoms with van der Waals surface area (Å²) in [6.45, 7) is 3.16. The first-order chi connectivity index (χ1) is 9.72. The van der Waals surface area contributed by atoms with Gasteiger partial charge in [-0.3, -0.25) is 0 Å². The second-order valence-electron chi connectivity index (χ2n) is 5.66. The number of halogens is 1. The largest absolute Gasteiger partial charge is 0.310 e. The second kappa shape index (κ2) is 6.11. The van der Waals surface area contributed by atoms with Crippen molar-refractivity contribution in [2.75, 3.05) is 0 Å². The molecule has 0 heterocycles. The van der Waals surface area contributed by atoms with E-state index in [0.29, 0.717) is 6.04 Å². The molecule has 1 unspecified atom stereocenters. The summed E-state index contributed by atoms with van der Waals surface area (Å²) in [6, 6.07) is 15.9. The Hall–Kier alpha value is -1.12. The molecule has 0 radical (unpaired) electrons. The van der Waals surface area contributed by atoms with Crippen LogP contribution in [0.15, 0.2) is 46.9 Å². The van der Waals surface area contributed by atoms with Gasteiger partial charge < -0.3 is 5.32 Å². The van der Waals surface area contributed by atoms with Crippen LogP contribution in [0.5, 0.6) is 0 Å². The van der Waals surface area contributed by atoms with E-state index in [9.17, 15) is 0 Å². The Labute approximate surface area is 129 Å². The summed E-state index contributed by atoms with van der Waals surface area (Å²) >= 11 is 3.56. The Kier molecular flexibility index (Phi) is 4.23. The summed E-state index contributed by atoms with van der Waals surface area (Å²) in [5.41, 5.74) is 5.80. The first kappa shape index (κ1) is 13.8. The van der Waals surface area contributed by atoms with E-state index in [4.69, 9.17) is 0 Å². The minimum absolute atomic E-state index is 0.600. The van der Waals surface area contributed by atoms with Gasteiger partial charge in [-0.25, -0.2) is 0 Å². The standard InChI is InChI=1S/C18H20BrN/c1-13-4-2-3-5-16(13)12-20-18-9-7-14-10-17(19)8-6-15(14)11-18/h2-6,8,10,18,20H,7,9,11-12H2,1H3. The first-order valence-electron chi connectivity index (χ1n) is 7.27. The Bertz CT molecular complexity index is 606. The van der Waals surface area contributed by atoms with Gasteiger partial charge in [-0.1, -0.05) is 46.3 Å². The van der Waals surface area contributed by atoms with E-state index in [1.807, 2.05) is 0 Å². The molecule has 2 aromatic rings. The second-order valence-corrected chi connectivity index (χ2v) is 6.58. The van der Waals surface area contributed by atoms with Crippen molar-refractivity contribution in [1.82, 2.24) is 5.32 Å². The highest BCUT2D eigenvalue weighted by atomic mass is 79.9. The van der Waals surface area contributed by atoms with E-state index in [-0.39, 0.29) is 0 Å². The van der Waals surface area contributed by atoms with Gasteiger partial charge in [0.25, 0.3) is 0 Å². The van der Waals surface area contributed by atoms with Crippen molar-refractivity contribution in [3.8, 4) is 0 Å². The molecular formula is C18H20BrN. The molecule has 1 aliphatic rings. The van der Waals surface area contributed by atoms with E-state index in [2.05, 4.69) is 70.6 Å². The molecule has 0 spiro atoms. The van der Waals surface area contributed by atoms with Crippen molar-refractivity contribution in [3.63, 3.8) is 0 Å². The van der Waals surface area contributed by atoms with Crippen LogP contribution in [0.2, 0.25) is 0 Å². The topological polar surface area (TPSA) is 12.0 Å². The molecule has 0 saturated heterocycles. The van der Waals surface area contributed by atoms with Crippen molar-refractivity contribution in [3.05, 3.63) is 69.2 Å². The predicted molar refractivity (Wildman–Crippen MR) is 88.0 cm³/mol. The Morgan fingerprint density at radius 3 is 2.85 bits per heavy atom. The van der Waals surface area contributed by atoms with E-state index in [1.54, 1.807) is 0 Å². The molecule has 0 amide bonds. The first-order valence-corrected chi connectivity index (χ1v) is 8.07. The lowest BCUT2D eigenvalue weighted by Crippen LogP contribution is -2.34. The molecule has 2 aromatic carbocycles. The normalized spacial score (nSPS) is 17.8. The van der Waals surface area contributed by atoms with Crippen LogP contribution in [-0.4, -0.2) is 6.04 Å². The molecule has 3 rings (SSSR count). The fraction of sp³-hybridized carbons (Fsp3) is 0.333. The van der Waals surface area contributed by atoms with Crippen LogP contribution >= 0.6 is 15.9 Å². The van der Waals surface area contributed by atoms with Crippen LogP contribution in [0, 0.1) is 6.92 Å². The van der Waals surface area contributed by atoms with Gasteiger partial charge in [0, 0.05) is 17.1 Å². The summed E-state index contributed by atoms with van der Waals surface area (Å²) in [6.07, 6.45) is 3.56. The van der Waals surface area contributed by atoms with Crippen LogP contribution in [0.3, 0.4) is 0 Å². The molecule has 0 bridgehead atoms. The minimum atomic E-state index is 0.600. The lowest BCUT2D eigenvalue weighted by atomic mass is 9.88. The maximum Gasteiger partial charge on any atom is 0.0210 e. The quantitative estimate of drug-likeness (QED) is 0.879. The lowest BCUT2D eigenvalue weighted by molar-refractivity contribution is 0.457. The summed E-state index contributed by atoms with van der Waals surface area (Å²) in [4.78, 5) is 0. The summed E-state index contributed by atoms with van der Waals surface area (Å²) < 4.78 is 1.20. The van der Waals surface area contributed by atoms with Crippen LogP contribution in [0.4, 0.5) is 0 Å². The smallest absolute Gasteiger partial charge is 0.0210 e. The highest BCUT2D eigenvalue weighted by Crippen LogP contribution is 2.25. The van der Waals surface area contributed by atoms with Crippen molar-refractivity contribution in [2.45, 2.75) is 38.8 Å². The number of rotatable bonds is 3. The minimum Gasteiger partial charge on any atom is -0.310 e. The van der Waals surface area contributed by atoms with E-state index < -0.39 is 0 Å². The fourth-order valence-electron chi connectivity index (χ4n) is 2.96. The van der Waals surface area contributed by atoms with Crippen molar-refractivity contribution < 1.29 is 0 Å². The SMILES string of the molecule is Cc1ccccc1CNC1CCc2cc(Br)ccc2C1. The van der Waals surface area contributed by atoms with Gasteiger partial charge in [-0.2, -0.15) is 0 Å². The monoisotopic (exact) mass is 329 g/mol. The fourth-order valence-corrected chi connectivity index (χ4v) is 3.37. The molecule has 0 saturated carbocycles. The number of nitrogens with one attached hydrogen (secondary N) is 1. The van der Waals surface area contributed by atoms with E-state index >= 15 is 0 Å². The summed E-state index contributed by atoms with van der Waals surface area (Å²) in [5, 5.41) is 3.72. The van der Waals surface area contributed by atoms with Crippen LogP contribution < -0.4 is 5.32 Å². The molecule has 1 nitrogen and oxygen atoms in total. The van der Waals surface area contributed by atoms with E-state index in [1.165, 1.54) is 39.6 Å². The van der Waals surface area contributed by atoms with Gasteiger partial charge in [0.1, 0.15) is 0 Å². The zero-order valence-electron chi connectivity index (χ0n) is 11.8. The molecule has 1 N–H and O–H groups in total. The van der Waals surface area contributed by atoms with Crippen molar-refractivity contribution >= 4 is 15.9 Å². The zero-order chi connectivity index (χ0) is 13.9. The number of hydrogen-bond acceptors (Lipinski definition) is 1. The third kappa shape index (κ3) is 3.13. The molecule has 0 aliphatic heterocycles. The van der Waals surface area contributed by atoms with Gasteiger partial charge in [0.05, 0.1) is 0 Å². The van der Waals surface area contributed by atoms with Crippen molar-refractivity contribution in [2.24, 2.45) is 0 Å². The van der Waals surface area contributed by atoms with Gasteiger partial charge in [0.2, 0.25) is 0 Å². The molecule has 0 fully saturated rings. The predicted octanol–water partition coefficient (Wildman–Crippen LogP) is 4.40. The Morgan fingerprint density at radius 1 is 1.15 bits per heavy atom. The maximum absolute atomic E-state index is 3.72. The van der Waals surface area contributed by atoms with Crippen LogP contribution in [0.25, 0.3) is 0 Å². The summed E-state index contributed by atoms with van der Waals surface area (Å²) in [5.74, 6) is 0. The molecule has 1 aliphatic carbocycles. The molecule has 2 heteroatoms. The van der Waals surface area contributed by atoms with Crippen molar-refractivity contribution in [1.29, 1.82) is 0 Å². The number of hydrogen-bond donors (Lipinski definition) is 1. The maximum atomic E-state index is 3.72. The molecule has 20 heavy (non-hydrogen) atoms. The molecule has 104 valence electrons. The molecule has 1 atom stereocenters. The molecular weight excluding hydrogens is 310 g/mol. The van der Waals surface area contributed by atoms with Gasteiger partial charge in [0.15, 0.2) is 0 Å². The highest BCUT2D eigenvalue weighted by molar-refractivity contribution is 9.10. The van der Waals surface area contributed by atoms with Gasteiger partial charge >= 0.3 is 0 Å². The highest BCUT2D eigenvalue weighted by Gasteiger charge is 2.18. The Balaban J connectivity index is 1.63. The zero-order valence-corrected chi connectivity index (χ0v) is 13.4. The average molecular weight is 330 g/mol. The lowest BCUT2D eigenvalue weighted by Gasteiger charge is -2.26. The number of fused-ring (bicyclic) bond motifs is 1. The number of benzene rings is 2.